The molecule has 6 nitrogen and oxygen atoms in total. The van der Waals surface area contributed by atoms with Crippen molar-refractivity contribution in [3.8, 4) is 11.5 Å². The predicted octanol–water partition coefficient (Wildman–Crippen LogP) is 3.16. The van der Waals surface area contributed by atoms with Gasteiger partial charge in [0.1, 0.15) is 5.60 Å². The van der Waals surface area contributed by atoms with Crippen molar-refractivity contribution in [3.05, 3.63) is 17.7 Å². The first-order valence-electron chi connectivity index (χ1n) is 7.68. The Morgan fingerprint density at radius 2 is 1.96 bits per heavy atom. The Hall–Kier alpha value is -1.95. The number of hydrogen-bond acceptors (Lipinski definition) is 5. The molecule has 0 heterocycles. The fraction of sp³-hybridized carbons (Fsp3) is 0.588. The van der Waals surface area contributed by atoms with Gasteiger partial charge in [-0.05, 0) is 58.2 Å². The van der Waals surface area contributed by atoms with E-state index in [0.717, 1.165) is 18.4 Å². The molecule has 3 N–H and O–H groups in total. The number of benzene rings is 1. The third-order valence-corrected chi connectivity index (χ3v) is 4.09. The van der Waals surface area contributed by atoms with Gasteiger partial charge in [0.2, 0.25) is 0 Å². The predicted molar refractivity (Wildman–Crippen MR) is 87.1 cm³/mol. The quantitative estimate of drug-likeness (QED) is 0.741. The number of phenols is 1. The van der Waals surface area contributed by atoms with Gasteiger partial charge in [0.15, 0.2) is 11.5 Å². The highest BCUT2D eigenvalue weighted by atomic mass is 16.6. The van der Waals surface area contributed by atoms with E-state index in [1.54, 1.807) is 39.8 Å². The van der Waals surface area contributed by atoms with Crippen LogP contribution in [0, 0.1) is 0 Å². The van der Waals surface area contributed by atoms with Gasteiger partial charge >= 0.3 is 6.09 Å². The molecule has 0 bridgehead atoms. The van der Waals surface area contributed by atoms with Gasteiger partial charge in [0.25, 0.3) is 0 Å². The van der Waals surface area contributed by atoms with E-state index in [2.05, 4.69) is 5.32 Å². The van der Waals surface area contributed by atoms with Crippen LogP contribution in [-0.2, 0) is 10.2 Å². The van der Waals surface area contributed by atoms with E-state index >= 15 is 0 Å². The summed E-state index contributed by atoms with van der Waals surface area (Å²) in [6.07, 6.45) is 0.523. The molecule has 1 aromatic carbocycles. The lowest BCUT2D eigenvalue weighted by Crippen LogP contribution is -2.27. The first-order valence-corrected chi connectivity index (χ1v) is 7.68. The minimum Gasteiger partial charge on any atom is -0.503 e. The monoisotopic (exact) mass is 323 g/mol. The molecule has 23 heavy (non-hydrogen) atoms. The van der Waals surface area contributed by atoms with Crippen molar-refractivity contribution >= 4 is 11.8 Å². The molecule has 0 spiro atoms. The Morgan fingerprint density at radius 1 is 1.35 bits per heavy atom. The van der Waals surface area contributed by atoms with Crippen LogP contribution in [0.3, 0.4) is 0 Å². The van der Waals surface area contributed by atoms with Crippen LogP contribution in [0.1, 0.15) is 46.1 Å². The van der Waals surface area contributed by atoms with Crippen molar-refractivity contribution in [1.29, 1.82) is 0 Å². The molecule has 1 aromatic rings. The van der Waals surface area contributed by atoms with Gasteiger partial charge in [-0.1, -0.05) is 0 Å². The fourth-order valence-electron chi connectivity index (χ4n) is 2.64. The molecule has 2 rings (SSSR count). The molecule has 1 atom stereocenters. The topological polar surface area (TPSA) is 88.0 Å². The maximum atomic E-state index is 12.0. The molecule has 1 aliphatic rings. The number of phenolic OH excluding ortho intramolecular Hbond substituents is 1. The second-order valence-electron chi connectivity index (χ2n) is 7.03. The number of rotatable bonds is 4. The lowest BCUT2D eigenvalue weighted by Gasteiger charge is -2.23. The van der Waals surface area contributed by atoms with Crippen molar-refractivity contribution in [3.63, 3.8) is 0 Å². The van der Waals surface area contributed by atoms with Gasteiger partial charge in [0.05, 0.1) is 18.9 Å². The standard InChI is InChI=1S/C17H25NO5/c1-10(19)17(6-7-17)11-8-12(14(20)13(9-11)22-5)18-15(21)23-16(2,3)4/h8-10,19-20H,6-7H2,1-5H3,(H,18,21). The summed E-state index contributed by atoms with van der Waals surface area (Å²) in [5.41, 5.74) is 0.0538. The van der Waals surface area contributed by atoms with Crippen molar-refractivity contribution < 1.29 is 24.5 Å². The molecular formula is C17H25NO5. The number of amides is 1. The van der Waals surface area contributed by atoms with Crippen LogP contribution < -0.4 is 10.1 Å². The van der Waals surface area contributed by atoms with E-state index in [1.165, 1.54) is 7.11 Å². The van der Waals surface area contributed by atoms with Gasteiger partial charge in [-0.3, -0.25) is 5.32 Å². The number of carbonyl (C=O) groups is 1. The number of aliphatic hydroxyl groups is 1. The molecule has 1 aliphatic carbocycles. The smallest absolute Gasteiger partial charge is 0.412 e. The number of ether oxygens (including phenoxy) is 2. The third-order valence-electron chi connectivity index (χ3n) is 4.09. The van der Waals surface area contributed by atoms with Crippen molar-refractivity contribution in [2.24, 2.45) is 0 Å². The number of nitrogens with one attached hydrogen (secondary N) is 1. The van der Waals surface area contributed by atoms with Crippen LogP contribution in [0.5, 0.6) is 11.5 Å². The van der Waals surface area contributed by atoms with Crippen LogP contribution >= 0.6 is 0 Å². The lowest BCUT2D eigenvalue weighted by atomic mass is 9.90. The van der Waals surface area contributed by atoms with Gasteiger partial charge in [-0.15, -0.1) is 0 Å². The maximum Gasteiger partial charge on any atom is 0.412 e. The largest absolute Gasteiger partial charge is 0.503 e. The van der Waals surface area contributed by atoms with Crippen LogP contribution in [0.2, 0.25) is 0 Å². The zero-order valence-electron chi connectivity index (χ0n) is 14.3. The van der Waals surface area contributed by atoms with E-state index < -0.39 is 17.8 Å². The summed E-state index contributed by atoms with van der Waals surface area (Å²) in [6, 6.07) is 3.37. The molecule has 128 valence electrons. The SMILES string of the molecule is COc1cc(C2(C(C)O)CC2)cc(NC(=O)OC(C)(C)C)c1O. The molecule has 0 radical (unpaired) electrons. The highest BCUT2D eigenvalue weighted by Gasteiger charge is 2.49. The zero-order chi connectivity index (χ0) is 17.4. The van der Waals surface area contributed by atoms with E-state index in [1.807, 2.05) is 0 Å². The Balaban J connectivity index is 2.34. The Morgan fingerprint density at radius 3 is 2.39 bits per heavy atom. The average Bonchev–Trinajstić information content (AvgIpc) is 3.20. The summed E-state index contributed by atoms with van der Waals surface area (Å²) >= 11 is 0. The summed E-state index contributed by atoms with van der Waals surface area (Å²) in [4.78, 5) is 12.0. The lowest BCUT2D eigenvalue weighted by molar-refractivity contribution is 0.0635. The van der Waals surface area contributed by atoms with E-state index in [-0.39, 0.29) is 22.6 Å². The highest BCUT2D eigenvalue weighted by Crippen LogP contribution is 2.53. The van der Waals surface area contributed by atoms with E-state index in [0.29, 0.717) is 0 Å². The summed E-state index contributed by atoms with van der Waals surface area (Å²) in [5.74, 6) is 0.0870. The van der Waals surface area contributed by atoms with Crippen LogP contribution in [0.25, 0.3) is 0 Å². The Bertz CT molecular complexity index is 600. The molecule has 1 saturated carbocycles. The molecule has 0 saturated heterocycles. The second kappa shape index (κ2) is 5.92. The first-order chi connectivity index (χ1) is 10.6. The molecule has 0 aromatic heterocycles. The van der Waals surface area contributed by atoms with Crippen LogP contribution in [-0.4, -0.2) is 35.1 Å². The van der Waals surface area contributed by atoms with Crippen LogP contribution in [0.4, 0.5) is 10.5 Å². The molecule has 1 unspecified atom stereocenters. The number of anilines is 1. The van der Waals surface area contributed by atoms with Crippen molar-refractivity contribution in [1.82, 2.24) is 0 Å². The first kappa shape index (κ1) is 17.4. The molecule has 1 fully saturated rings. The average molecular weight is 323 g/mol. The normalized spacial score (nSPS) is 17.3. The summed E-state index contributed by atoms with van der Waals surface area (Å²) in [5, 5.41) is 22.8. The number of methoxy groups -OCH3 is 1. The molecule has 6 heteroatoms. The minimum absolute atomic E-state index is 0.163. The van der Waals surface area contributed by atoms with E-state index in [9.17, 15) is 15.0 Å². The number of hydrogen-bond donors (Lipinski definition) is 3. The number of carbonyl (C=O) groups excluding carboxylic acids is 1. The van der Waals surface area contributed by atoms with Crippen LogP contribution in [0.15, 0.2) is 12.1 Å². The van der Waals surface area contributed by atoms with Gasteiger partial charge < -0.3 is 19.7 Å². The molecule has 1 amide bonds. The molecular weight excluding hydrogens is 298 g/mol. The summed E-state index contributed by atoms with van der Waals surface area (Å²) < 4.78 is 10.4. The Labute approximate surface area is 136 Å². The summed E-state index contributed by atoms with van der Waals surface area (Å²) in [6.45, 7) is 7.02. The molecule has 0 aliphatic heterocycles. The number of aromatic hydroxyl groups is 1. The summed E-state index contributed by atoms with van der Waals surface area (Å²) in [7, 11) is 1.44. The Kier molecular flexibility index (Phi) is 4.48. The zero-order valence-corrected chi connectivity index (χ0v) is 14.3. The number of aliphatic hydroxyl groups excluding tert-OH is 1. The highest BCUT2D eigenvalue weighted by molar-refractivity contribution is 5.88. The van der Waals surface area contributed by atoms with E-state index in [4.69, 9.17) is 9.47 Å². The minimum atomic E-state index is -0.658. The maximum absolute atomic E-state index is 12.0. The van der Waals surface area contributed by atoms with Crippen molar-refractivity contribution in [2.75, 3.05) is 12.4 Å². The fourth-order valence-corrected chi connectivity index (χ4v) is 2.64. The van der Waals surface area contributed by atoms with Gasteiger partial charge in [-0.2, -0.15) is 0 Å². The van der Waals surface area contributed by atoms with Crippen molar-refractivity contribution in [2.45, 2.75) is 57.7 Å². The van der Waals surface area contributed by atoms with Gasteiger partial charge in [-0.25, -0.2) is 4.79 Å². The van der Waals surface area contributed by atoms with Gasteiger partial charge in [0, 0.05) is 5.41 Å². The third kappa shape index (κ3) is 3.69. The second-order valence-corrected chi connectivity index (χ2v) is 7.03.